The summed E-state index contributed by atoms with van der Waals surface area (Å²) in [6.45, 7) is 24.8. The highest BCUT2D eigenvalue weighted by atomic mass is 16.6. The highest BCUT2D eigenvalue weighted by Gasteiger charge is 2.19. The third-order valence-electron chi connectivity index (χ3n) is 11.5. The number of ketones is 1. The number of Topliss-reactive ketones (excluding diaryl/α,β-unsaturated/α-hetero) is 1. The van der Waals surface area contributed by atoms with Crippen LogP contribution in [0.15, 0.2) is 18.2 Å². The van der Waals surface area contributed by atoms with Crippen molar-refractivity contribution in [3.05, 3.63) is 24.0 Å². The largest absolute Gasteiger partial charge is 0.382 e. The molecule has 3 heterocycles. The molecule has 0 aliphatic carbocycles. The van der Waals surface area contributed by atoms with Crippen LogP contribution in [-0.4, -0.2) is 243 Å². The summed E-state index contributed by atoms with van der Waals surface area (Å²) in [4.78, 5) is 29.3. The molecule has 0 spiro atoms. The van der Waals surface area contributed by atoms with Crippen LogP contribution in [-0.2, 0) is 77.5 Å². The van der Waals surface area contributed by atoms with Crippen molar-refractivity contribution in [2.24, 2.45) is 5.92 Å². The topological polar surface area (TPSA) is 220 Å². The molecule has 0 radical (unpaired) electrons. The Labute approximate surface area is 433 Å². The number of imidazole rings is 1. The Morgan fingerprint density at radius 1 is 0.548 bits per heavy atom. The zero-order valence-electron chi connectivity index (χ0n) is 44.5. The molecule has 3 N–H and O–H groups in total. The smallest absolute Gasteiger partial charge is 0.152 e. The number of aromatic nitrogens is 3. The molecule has 0 atom stereocenters. The number of piperazine rings is 1. The van der Waals surface area contributed by atoms with Gasteiger partial charge in [-0.15, -0.1) is 0 Å². The average Bonchev–Trinajstić information content (AvgIpc) is 3.84. The number of hydrogen-bond donors (Lipinski definition) is 2. The van der Waals surface area contributed by atoms with Gasteiger partial charge in [0.25, 0.3) is 0 Å². The Bertz CT molecular complexity index is 1800. The maximum Gasteiger partial charge on any atom is 0.152 e. The number of aryl methyl sites for hydroxylation is 1. The lowest BCUT2D eigenvalue weighted by Crippen LogP contribution is -2.47. The van der Waals surface area contributed by atoms with E-state index in [0.717, 1.165) is 79.7 Å². The van der Waals surface area contributed by atoms with Crippen molar-refractivity contribution in [3.8, 4) is 0 Å². The van der Waals surface area contributed by atoms with Crippen LogP contribution in [0.2, 0.25) is 0 Å². The van der Waals surface area contributed by atoms with Gasteiger partial charge < -0.3 is 81.9 Å². The van der Waals surface area contributed by atoms with E-state index in [1.807, 2.05) is 13.8 Å². The molecule has 4 rings (SSSR count). The second-order valence-corrected chi connectivity index (χ2v) is 17.5. The van der Waals surface area contributed by atoms with E-state index in [2.05, 4.69) is 44.9 Å². The number of carbonyl (C=O) groups is 1. The number of nitrogen functional groups attached to an aromatic ring is 1. The van der Waals surface area contributed by atoms with E-state index in [1.54, 1.807) is 0 Å². The number of nitrogens with one attached hydrogen (secondary N) is 1. The van der Waals surface area contributed by atoms with Gasteiger partial charge in [-0.1, -0.05) is 27.2 Å². The molecule has 0 bridgehead atoms. The fourth-order valence-electron chi connectivity index (χ4n) is 7.31. The van der Waals surface area contributed by atoms with Crippen LogP contribution in [0.25, 0.3) is 21.9 Å². The van der Waals surface area contributed by atoms with Crippen molar-refractivity contribution in [3.63, 3.8) is 0 Å². The maximum atomic E-state index is 11.5. The predicted molar refractivity (Wildman–Crippen MR) is 279 cm³/mol. The van der Waals surface area contributed by atoms with Crippen LogP contribution in [0, 0.1) is 5.92 Å². The predicted octanol–water partition coefficient (Wildman–Crippen LogP) is 4.01. The first-order valence-electron chi connectivity index (χ1n) is 26.6. The van der Waals surface area contributed by atoms with Crippen LogP contribution in [0.5, 0.6) is 0 Å². The third-order valence-corrected chi connectivity index (χ3v) is 11.5. The first-order valence-corrected chi connectivity index (χ1v) is 26.6. The van der Waals surface area contributed by atoms with Gasteiger partial charge in [-0.2, -0.15) is 0 Å². The van der Waals surface area contributed by atoms with Crippen molar-refractivity contribution >= 4 is 39.2 Å². The lowest BCUT2D eigenvalue weighted by molar-refractivity contribution is -0.123. The summed E-state index contributed by atoms with van der Waals surface area (Å²) in [5, 5.41) is 1.06. The van der Waals surface area contributed by atoms with Crippen LogP contribution < -0.4 is 10.6 Å². The van der Waals surface area contributed by atoms with Gasteiger partial charge in [0.15, 0.2) is 5.82 Å². The number of ether oxygens (including phenoxy) is 14. The summed E-state index contributed by atoms with van der Waals surface area (Å²) >= 11 is 0. The molecule has 21 heteroatoms. The van der Waals surface area contributed by atoms with E-state index in [0.29, 0.717) is 197 Å². The standard InChI is InChI=1S/C52H90N6O15/c1-4-5-6-49-55-50-46-43-45(7-8-47(46)54-52(53)51(50)56-49)58-12-10-57(11-13-58)14-16-61-18-20-63-22-24-65-26-28-67-30-32-69-34-36-71-38-40-73-42-41-72-39-37-70-35-33-68-31-29-66-27-25-64-23-21-62-19-17-60-15-9-48(59)44(2)3/h7-8,43-44H,4-6,9-42H2,1-3H3,(H2,53,54)(H,55,56). The molecular weight excluding hydrogens is 949 g/mol. The second kappa shape index (κ2) is 42.0. The number of benzene rings is 1. The van der Waals surface area contributed by atoms with Crippen LogP contribution in [0.3, 0.4) is 0 Å². The number of anilines is 2. The number of hydrogen-bond acceptors (Lipinski definition) is 20. The van der Waals surface area contributed by atoms with E-state index < -0.39 is 0 Å². The minimum Gasteiger partial charge on any atom is -0.382 e. The summed E-state index contributed by atoms with van der Waals surface area (Å²) in [6, 6.07) is 6.43. The number of aromatic amines is 1. The molecule has 73 heavy (non-hydrogen) atoms. The molecule has 418 valence electrons. The van der Waals surface area contributed by atoms with Gasteiger partial charge in [0, 0.05) is 62.6 Å². The van der Waals surface area contributed by atoms with Crippen molar-refractivity contribution in [1.29, 1.82) is 0 Å². The number of carbonyl (C=O) groups excluding carboxylic acids is 1. The Morgan fingerprint density at radius 2 is 0.932 bits per heavy atom. The van der Waals surface area contributed by atoms with Crippen molar-refractivity contribution in [2.75, 3.05) is 228 Å². The Balaban J connectivity index is 0.779. The van der Waals surface area contributed by atoms with E-state index in [1.165, 1.54) is 5.69 Å². The van der Waals surface area contributed by atoms with E-state index >= 15 is 0 Å². The highest BCUT2D eigenvalue weighted by molar-refractivity contribution is 6.07. The molecular formula is C52H90N6O15. The summed E-state index contributed by atoms with van der Waals surface area (Å²) < 4.78 is 77.6. The molecule has 0 amide bonds. The zero-order valence-corrected chi connectivity index (χ0v) is 44.5. The normalized spacial score (nSPS) is 13.5. The molecule has 0 unspecified atom stereocenters. The van der Waals surface area contributed by atoms with Gasteiger partial charge in [0.1, 0.15) is 17.1 Å². The first-order chi connectivity index (χ1) is 36.0. The Kier molecular flexibility index (Phi) is 35.8. The summed E-state index contributed by atoms with van der Waals surface area (Å²) in [5.74, 6) is 1.72. The minimum absolute atomic E-state index is 0.0536. The fourth-order valence-corrected chi connectivity index (χ4v) is 7.31. The Hall–Kier alpha value is -3.23. The Morgan fingerprint density at radius 3 is 1.32 bits per heavy atom. The number of nitrogens with two attached hydrogens (primary N) is 1. The molecule has 1 fully saturated rings. The van der Waals surface area contributed by atoms with E-state index in [-0.39, 0.29) is 11.7 Å². The van der Waals surface area contributed by atoms with Gasteiger partial charge in [0.2, 0.25) is 0 Å². The molecule has 21 nitrogen and oxygen atoms in total. The lowest BCUT2D eigenvalue weighted by Gasteiger charge is -2.36. The lowest BCUT2D eigenvalue weighted by atomic mass is 10.1. The number of unbranched alkanes of at least 4 members (excludes halogenated alkanes) is 1. The maximum absolute atomic E-state index is 11.5. The summed E-state index contributed by atoms with van der Waals surface area (Å²) in [7, 11) is 0. The summed E-state index contributed by atoms with van der Waals surface area (Å²) in [6.07, 6.45) is 3.56. The average molecular weight is 1040 g/mol. The molecule has 0 saturated carbocycles. The first kappa shape index (κ1) is 62.3. The third kappa shape index (κ3) is 29.0. The molecule has 1 aromatic carbocycles. The second-order valence-electron chi connectivity index (χ2n) is 17.5. The monoisotopic (exact) mass is 1040 g/mol. The number of H-pyrrole nitrogens is 1. The van der Waals surface area contributed by atoms with Gasteiger partial charge in [-0.25, -0.2) is 9.97 Å². The quantitative estimate of drug-likeness (QED) is 0.0763. The van der Waals surface area contributed by atoms with Gasteiger partial charge in [-0.05, 0) is 24.6 Å². The van der Waals surface area contributed by atoms with Gasteiger partial charge in [-0.3, -0.25) is 9.69 Å². The van der Waals surface area contributed by atoms with Gasteiger partial charge in [0.05, 0.1) is 196 Å². The van der Waals surface area contributed by atoms with Crippen molar-refractivity contribution in [1.82, 2.24) is 19.9 Å². The molecule has 1 saturated heterocycles. The summed E-state index contributed by atoms with van der Waals surface area (Å²) in [5.41, 5.74) is 10.1. The zero-order chi connectivity index (χ0) is 51.7. The number of nitrogens with zero attached hydrogens (tertiary/aromatic N) is 4. The molecule has 2 aromatic heterocycles. The number of pyridine rings is 1. The molecule has 3 aromatic rings. The number of rotatable bonds is 50. The molecule has 1 aliphatic rings. The SMILES string of the molecule is CCCCc1nc2c(N)nc3ccc(N4CCN(CCOCCOCCOCCOCCOCCOCCOCCOCCOCCOCCOCCOCCOCCOCCC(=O)C(C)C)CC4)cc3c2[nH]1. The van der Waals surface area contributed by atoms with E-state index in [9.17, 15) is 4.79 Å². The highest BCUT2D eigenvalue weighted by Crippen LogP contribution is 2.30. The van der Waals surface area contributed by atoms with Crippen LogP contribution in [0.1, 0.15) is 45.9 Å². The van der Waals surface area contributed by atoms with Crippen molar-refractivity contribution in [2.45, 2.75) is 46.5 Å². The fraction of sp³-hybridized carbons (Fsp3) is 0.788. The molecule has 1 aliphatic heterocycles. The van der Waals surface area contributed by atoms with Crippen LogP contribution >= 0.6 is 0 Å². The van der Waals surface area contributed by atoms with Gasteiger partial charge >= 0.3 is 0 Å². The van der Waals surface area contributed by atoms with Crippen molar-refractivity contribution < 1.29 is 71.1 Å². The number of fused-ring (bicyclic) bond motifs is 3. The van der Waals surface area contributed by atoms with Crippen LogP contribution in [0.4, 0.5) is 11.5 Å². The van der Waals surface area contributed by atoms with E-state index in [4.69, 9.17) is 77.0 Å². The minimum atomic E-state index is 0.0536.